The van der Waals surface area contributed by atoms with Crippen LogP contribution in [0.25, 0.3) is 27.5 Å². The van der Waals surface area contributed by atoms with Crippen molar-refractivity contribution in [1.29, 1.82) is 0 Å². The van der Waals surface area contributed by atoms with E-state index in [4.69, 9.17) is 0 Å². The highest BCUT2D eigenvalue weighted by Crippen LogP contribution is 2.41. The van der Waals surface area contributed by atoms with E-state index in [9.17, 15) is 0 Å². The van der Waals surface area contributed by atoms with Crippen LogP contribution in [0, 0.1) is 0 Å². The Bertz CT molecular complexity index is 2150. The Kier molecular flexibility index (Phi) is 6.82. The number of hydrogen-bond acceptors (Lipinski definition) is 2. The van der Waals surface area contributed by atoms with Crippen LogP contribution in [0.1, 0.15) is 0 Å². The zero-order valence-electron chi connectivity index (χ0n) is 24.7. The SMILES string of the molecule is c1ccc(N(c2ccccc2)c2ccc(N(c3ccccc3)c3ccc4c5ccccc5n(-c5ccccc5)c4c3)cc2)cc1. The van der Waals surface area contributed by atoms with Gasteiger partial charge in [0.05, 0.1) is 11.0 Å². The van der Waals surface area contributed by atoms with Crippen LogP contribution in [0.2, 0.25) is 0 Å². The van der Waals surface area contributed by atoms with Crippen LogP contribution in [0.3, 0.4) is 0 Å². The molecule has 0 spiro atoms. The van der Waals surface area contributed by atoms with Gasteiger partial charge in [0.2, 0.25) is 0 Å². The number of para-hydroxylation sites is 5. The van der Waals surface area contributed by atoms with Crippen LogP contribution in [0.4, 0.5) is 34.1 Å². The fraction of sp³-hybridized carbons (Fsp3) is 0. The van der Waals surface area contributed by atoms with Crippen molar-refractivity contribution in [2.45, 2.75) is 0 Å². The number of rotatable bonds is 7. The molecule has 3 nitrogen and oxygen atoms in total. The molecule has 1 heterocycles. The lowest BCUT2D eigenvalue weighted by atomic mass is 10.1. The number of aromatic nitrogens is 1. The third-order valence-corrected chi connectivity index (χ3v) is 8.34. The van der Waals surface area contributed by atoms with Crippen molar-refractivity contribution in [2.75, 3.05) is 9.80 Å². The van der Waals surface area contributed by atoms with Gasteiger partial charge in [0.15, 0.2) is 0 Å². The molecular weight excluding hydrogens is 546 g/mol. The zero-order chi connectivity index (χ0) is 30.0. The molecule has 0 saturated heterocycles. The smallest absolute Gasteiger partial charge is 0.0561 e. The molecule has 0 aliphatic rings. The first-order valence-corrected chi connectivity index (χ1v) is 15.3. The number of nitrogens with zero attached hydrogens (tertiary/aromatic N) is 3. The summed E-state index contributed by atoms with van der Waals surface area (Å²) in [6.07, 6.45) is 0. The molecule has 0 atom stereocenters. The molecule has 8 rings (SSSR count). The fourth-order valence-corrected chi connectivity index (χ4v) is 6.33. The minimum absolute atomic E-state index is 1.09. The number of benzene rings is 7. The highest BCUT2D eigenvalue weighted by Gasteiger charge is 2.18. The number of hydrogen-bond donors (Lipinski definition) is 0. The topological polar surface area (TPSA) is 11.4 Å². The Balaban J connectivity index is 1.28. The van der Waals surface area contributed by atoms with E-state index in [1.165, 1.54) is 21.8 Å². The standard InChI is InChI=1S/C42H31N3/c1-5-15-32(16-6-1)43(33-17-7-2-8-18-33)36-25-27-37(28-26-36)44(34-19-9-3-10-20-34)38-29-30-40-39-23-13-14-24-41(39)45(42(40)31-38)35-21-11-4-12-22-35/h1-31H. The monoisotopic (exact) mass is 577 g/mol. The van der Waals surface area contributed by atoms with Gasteiger partial charge in [0, 0.05) is 50.6 Å². The highest BCUT2D eigenvalue weighted by atomic mass is 15.2. The van der Waals surface area contributed by atoms with E-state index < -0.39 is 0 Å². The predicted octanol–water partition coefficient (Wildman–Crippen LogP) is 11.7. The molecule has 1 aromatic heterocycles. The lowest BCUT2D eigenvalue weighted by molar-refractivity contribution is 1.18. The molecule has 8 aromatic rings. The van der Waals surface area contributed by atoms with Crippen molar-refractivity contribution in [3.8, 4) is 5.69 Å². The predicted molar refractivity (Wildman–Crippen MR) is 190 cm³/mol. The minimum atomic E-state index is 1.09. The van der Waals surface area contributed by atoms with Gasteiger partial charge in [-0.05, 0) is 91.0 Å². The second kappa shape index (κ2) is 11.6. The molecule has 0 aliphatic carbocycles. The van der Waals surface area contributed by atoms with E-state index in [0.717, 1.165) is 39.8 Å². The molecule has 0 fully saturated rings. The van der Waals surface area contributed by atoms with Gasteiger partial charge < -0.3 is 14.4 Å². The van der Waals surface area contributed by atoms with Gasteiger partial charge in [-0.2, -0.15) is 0 Å². The van der Waals surface area contributed by atoms with Gasteiger partial charge in [-0.15, -0.1) is 0 Å². The molecule has 214 valence electrons. The van der Waals surface area contributed by atoms with Crippen molar-refractivity contribution in [3.63, 3.8) is 0 Å². The van der Waals surface area contributed by atoms with Gasteiger partial charge in [-0.25, -0.2) is 0 Å². The Morgan fingerprint density at radius 1 is 0.289 bits per heavy atom. The quantitative estimate of drug-likeness (QED) is 0.187. The Morgan fingerprint density at radius 2 is 0.667 bits per heavy atom. The van der Waals surface area contributed by atoms with Crippen LogP contribution >= 0.6 is 0 Å². The van der Waals surface area contributed by atoms with Crippen molar-refractivity contribution in [2.24, 2.45) is 0 Å². The summed E-state index contributed by atoms with van der Waals surface area (Å²) in [7, 11) is 0. The number of anilines is 6. The van der Waals surface area contributed by atoms with Crippen LogP contribution < -0.4 is 9.80 Å². The second-order valence-corrected chi connectivity index (χ2v) is 11.1. The summed E-state index contributed by atoms with van der Waals surface area (Å²) in [6.45, 7) is 0. The fourth-order valence-electron chi connectivity index (χ4n) is 6.33. The zero-order valence-corrected chi connectivity index (χ0v) is 24.7. The molecule has 0 N–H and O–H groups in total. The summed E-state index contributed by atoms with van der Waals surface area (Å²) in [5.41, 5.74) is 10.2. The Morgan fingerprint density at radius 3 is 1.20 bits per heavy atom. The maximum Gasteiger partial charge on any atom is 0.0561 e. The van der Waals surface area contributed by atoms with Crippen molar-refractivity contribution in [1.82, 2.24) is 4.57 Å². The largest absolute Gasteiger partial charge is 0.311 e. The minimum Gasteiger partial charge on any atom is -0.311 e. The maximum atomic E-state index is 2.37. The molecule has 45 heavy (non-hydrogen) atoms. The molecule has 7 aromatic carbocycles. The molecule has 0 radical (unpaired) electrons. The highest BCUT2D eigenvalue weighted by molar-refractivity contribution is 6.10. The molecular formula is C42H31N3. The van der Waals surface area contributed by atoms with Gasteiger partial charge in [-0.3, -0.25) is 0 Å². The molecule has 0 amide bonds. The Hall–Kier alpha value is -6.06. The lowest BCUT2D eigenvalue weighted by Crippen LogP contribution is -2.12. The van der Waals surface area contributed by atoms with Crippen molar-refractivity contribution in [3.05, 3.63) is 188 Å². The number of fused-ring (bicyclic) bond motifs is 3. The van der Waals surface area contributed by atoms with Crippen molar-refractivity contribution >= 4 is 55.9 Å². The average Bonchev–Trinajstić information content (AvgIpc) is 3.45. The summed E-state index contributed by atoms with van der Waals surface area (Å²) in [5, 5.41) is 2.49. The van der Waals surface area contributed by atoms with Gasteiger partial charge in [0.25, 0.3) is 0 Å². The van der Waals surface area contributed by atoms with Gasteiger partial charge in [-0.1, -0.05) is 97.1 Å². The molecule has 0 saturated carbocycles. The summed E-state index contributed by atoms with van der Waals surface area (Å²) < 4.78 is 2.37. The van der Waals surface area contributed by atoms with Crippen LogP contribution in [0.15, 0.2) is 188 Å². The van der Waals surface area contributed by atoms with E-state index >= 15 is 0 Å². The molecule has 3 heteroatoms. The normalized spacial score (nSPS) is 11.1. The summed E-state index contributed by atoms with van der Waals surface area (Å²) in [5.74, 6) is 0. The van der Waals surface area contributed by atoms with Crippen molar-refractivity contribution < 1.29 is 0 Å². The third kappa shape index (κ3) is 4.91. The van der Waals surface area contributed by atoms with Crippen LogP contribution in [-0.4, -0.2) is 4.57 Å². The molecule has 0 aliphatic heterocycles. The second-order valence-electron chi connectivity index (χ2n) is 11.1. The summed E-state index contributed by atoms with van der Waals surface area (Å²) in [6, 6.07) is 66.7. The maximum absolute atomic E-state index is 2.37. The first-order chi connectivity index (χ1) is 22.3. The van der Waals surface area contributed by atoms with Gasteiger partial charge >= 0.3 is 0 Å². The van der Waals surface area contributed by atoms with Crippen LogP contribution in [-0.2, 0) is 0 Å². The summed E-state index contributed by atoms with van der Waals surface area (Å²) >= 11 is 0. The molecule has 0 unspecified atom stereocenters. The first kappa shape index (κ1) is 26.6. The van der Waals surface area contributed by atoms with E-state index in [-0.39, 0.29) is 0 Å². The Labute approximate surface area is 263 Å². The third-order valence-electron chi connectivity index (χ3n) is 8.34. The van der Waals surface area contributed by atoms with E-state index in [1.807, 2.05) is 0 Å². The average molecular weight is 578 g/mol. The first-order valence-electron chi connectivity index (χ1n) is 15.3. The van der Waals surface area contributed by atoms with E-state index in [2.05, 4.69) is 202 Å². The van der Waals surface area contributed by atoms with E-state index in [0.29, 0.717) is 0 Å². The summed E-state index contributed by atoms with van der Waals surface area (Å²) in [4.78, 5) is 4.63. The lowest BCUT2D eigenvalue weighted by Gasteiger charge is -2.28. The van der Waals surface area contributed by atoms with E-state index in [1.54, 1.807) is 0 Å². The van der Waals surface area contributed by atoms with Gasteiger partial charge in [0.1, 0.15) is 0 Å². The van der Waals surface area contributed by atoms with Crippen LogP contribution in [0.5, 0.6) is 0 Å². The molecule has 0 bridgehead atoms.